The molecule has 100 valence electrons. The Hall–Kier alpha value is -1.90. The smallest absolute Gasteiger partial charge is 1.00 e. The molecular formula is C6H7KN4O8. The molecule has 0 rings (SSSR count). The number of carbonyl (C=O) groups is 2. The van der Waals surface area contributed by atoms with Gasteiger partial charge in [0.05, 0.1) is 0 Å². The Morgan fingerprint density at radius 3 is 0.737 bits per heavy atom. The first-order valence-electron chi connectivity index (χ1n) is 2.92. The topological polar surface area (TPSA) is 238 Å². The molecule has 13 heteroatoms. The summed E-state index contributed by atoms with van der Waals surface area (Å²) in [5.41, 5.74) is 0. The van der Waals surface area contributed by atoms with E-state index in [9.17, 15) is 0 Å². The summed E-state index contributed by atoms with van der Waals surface area (Å²) in [5.74, 6) is -3.65. The Bertz CT molecular complexity index is 303. The zero-order chi connectivity index (χ0) is 16.0. The van der Waals surface area contributed by atoms with E-state index in [1.54, 1.807) is 0 Å². The molecule has 0 amide bonds. The Kier molecular flexibility index (Phi) is 106. The normalized spacial score (nSPS) is 4.00. The molecule has 19 heavy (non-hydrogen) atoms. The van der Waals surface area contributed by atoms with E-state index in [-0.39, 0.29) is 52.8 Å². The van der Waals surface area contributed by atoms with Crippen LogP contribution in [-0.4, -0.2) is 46.5 Å². The van der Waals surface area contributed by atoms with Crippen molar-refractivity contribution >= 4 is 36.3 Å². The van der Waals surface area contributed by atoms with Gasteiger partial charge in [-0.3, -0.25) is 0 Å². The molecule has 6 N–H and O–H groups in total. The largest absolute Gasteiger partial charge is 1.00 e. The van der Waals surface area contributed by atoms with Crippen LogP contribution in [0.5, 0.6) is 0 Å². The van der Waals surface area contributed by atoms with Gasteiger partial charge >= 0.3 is 63.3 Å². The molecule has 0 aliphatic heterocycles. The van der Waals surface area contributed by atoms with Gasteiger partial charge < -0.3 is 11.6 Å². The van der Waals surface area contributed by atoms with E-state index in [1.165, 1.54) is 0 Å². The Balaban J connectivity index is -0.0000000215. The van der Waals surface area contributed by atoms with E-state index in [1.807, 2.05) is 0 Å². The maximum Gasteiger partial charge on any atom is 1.00 e. The van der Waals surface area contributed by atoms with E-state index in [0.717, 1.165) is 24.3 Å². The summed E-state index contributed by atoms with van der Waals surface area (Å²) in [7, 11) is 0. The quantitative estimate of drug-likeness (QED) is 0.111. The molecule has 12 nitrogen and oxygen atoms in total. The summed E-state index contributed by atoms with van der Waals surface area (Å²) in [5, 5.41) is 36.4. The van der Waals surface area contributed by atoms with Crippen molar-refractivity contribution in [3.05, 3.63) is 0 Å². The Morgan fingerprint density at radius 1 is 0.684 bits per heavy atom. The predicted octanol–water partition coefficient (Wildman–Crippen LogP) is -4.12. The average molecular weight is 302 g/mol. The van der Waals surface area contributed by atoms with E-state index in [0.29, 0.717) is 0 Å². The number of hydrogen-bond acceptors (Lipinski definition) is 10. The van der Waals surface area contributed by atoms with Crippen LogP contribution in [0.1, 0.15) is 1.43 Å². The summed E-state index contributed by atoms with van der Waals surface area (Å²) < 4.78 is 0. The summed E-state index contributed by atoms with van der Waals surface area (Å²) in [6.45, 7) is 0. The van der Waals surface area contributed by atoms with Crippen molar-refractivity contribution in [2.45, 2.75) is 0 Å². The monoisotopic (exact) mass is 302 g/mol. The van der Waals surface area contributed by atoms with Gasteiger partial charge in [-0.05, 0) is 0 Å². The van der Waals surface area contributed by atoms with Gasteiger partial charge in [0.25, 0.3) is 0 Å². The summed E-state index contributed by atoms with van der Waals surface area (Å²) >= 11 is 0. The SMILES string of the molecule is N=C=O.N=C=O.N=C=O.N=C=O.O=C(O)C(=O)O.[H-].[K+]. The number of nitrogens with one attached hydrogen (secondary N) is 4. The number of isocyanates is 4. The van der Waals surface area contributed by atoms with Gasteiger partial charge in [0, 0.05) is 0 Å². The van der Waals surface area contributed by atoms with Crippen LogP contribution < -0.4 is 51.4 Å². The number of aliphatic carboxylic acids is 2. The molecule has 0 aliphatic rings. The van der Waals surface area contributed by atoms with Crippen molar-refractivity contribution in [1.29, 1.82) is 21.6 Å². The first kappa shape index (κ1) is 36.0. The van der Waals surface area contributed by atoms with Crippen LogP contribution in [0.3, 0.4) is 0 Å². The van der Waals surface area contributed by atoms with Crippen molar-refractivity contribution in [1.82, 2.24) is 0 Å². The molecule has 0 aromatic rings. The third kappa shape index (κ3) is 728. The number of carboxylic acid groups (broad SMARTS) is 2. The first-order valence-corrected chi connectivity index (χ1v) is 2.92. The molecule has 0 bridgehead atoms. The van der Waals surface area contributed by atoms with Gasteiger partial charge in [-0.2, -0.15) is 0 Å². The molecule has 0 saturated heterocycles. The van der Waals surface area contributed by atoms with Crippen molar-refractivity contribution in [2.75, 3.05) is 0 Å². The van der Waals surface area contributed by atoms with Crippen molar-refractivity contribution < 1.29 is 91.8 Å². The Labute approximate surface area is 148 Å². The van der Waals surface area contributed by atoms with E-state index >= 15 is 0 Å². The molecular weight excluding hydrogens is 295 g/mol. The van der Waals surface area contributed by atoms with E-state index in [4.69, 9.17) is 60.6 Å². The zero-order valence-electron chi connectivity index (χ0n) is 10.3. The molecule has 0 aliphatic carbocycles. The first-order chi connectivity index (χ1) is 8.30. The van der Waals surface area contributed by atoms with Crippen molar-refractivity contribution in [3.63, 3.8) is 0 Å². The Morgan fingerprint density at radius 2 is 0.737 bits per heavy atom. The summed E-state index contributed by atoms with van der Waals surface area (Å²) in [4.78, 5) is 51.6. The zero-order valence-corrected chi connectivity index (χ0v) is 12.5. The fourth-order valence-electron chi connectivity index (χ4n) is 0. The van der Waals surface area contributed by atoms with Crippen LogP contribution in [0.4, 0.5) is 0 Å². The van der Waals surface area contributed by atoms with Gasteiger partial charge in [-0.15, -0.1) is 0 Å². The molecule has 0 aromatic heterocycles. The standard InChI is InChI=1S/C2H2O4.4CHNO.K.H/c3-1(4)2(5)6;4*2-1-3;;/h(H,3,4)(H,5,6);4*2H;;/q;;;;;+1;-1. The third-order valence-electron chi connectivity index (χ3n) is 0.183. The molecule has 0 atom stereocenters. The number of carboxylic acids is 2. The molecule has 0 fully saturated rings. The second kappa shape index (κ2) is 56.0. The van der Waals surface area contributed by atoms with Crippen LogP contribution in [-0.2, 0) is 28.8 Å². The summed E-state index contributed by atoms with van der Waals surface area (Å²) in [6, 6.07) is 0. The second-order valence-corrected chi connectivity index (χ2v) is 1.02. The maximum absolute atomic E-state index is 9.10. The van der Waals surface area contributed by atoms with Crippen molar-refractivity contribution in [2.24, 2.45) is 0 Å². The number of hydrogen-bond donors (Lipinski definition) is 6. The predicted molar refractivity (Wildman–Crippen MR) is 50.0 cm³/mol. The van der Waals surface area contributed by atoms with Crippen LogP contribution in [0, 0.1) is 21.6 Å². The number of rotatable bonds is 0. The summed E-state index contributed by atoms with van der Waals surface area (Å²) in [6.07, 6.45) is 3.00. The van der Waals surface area contributed by atoms with Crippen molar-refractivity contribution in [3.8, 4) is 0 Å². The molecule has 0 unspecified atom stereocenters. The van der Waals surface area contributed by atoms with Crippen LogP contribution >= 0.6 is 0 Å². The minimum atomic E-state index is -1.82. The fourth-order valence-corrected chi connectivity index (χ4v) is 0. The van der Waals surface area contributed by atoms with Gasteiger partial charge in [0.2, 0.25) is 24.3 Å². The maximum atomic E-state index is 9.10. The average Bonchev–Trinajstić information content (AvgIpc) is 2.22. The van der Waals surface area contributed by atoms with E-state index < -0.39 is 11.9 Å². The van der Waals surface area contributed by atoms with Crippen LogP contribution in [0.15, 0.2) is 0 Å². The van der Waals surface area contributed by atoms with E-state index in [2.05, 4.69) is 0 Å². The van der Waals surface area contributed by atoms with Gasteiger partial charge in [0.15, 0.2) is 0 Å². The van der Waals surface area contributed by atoms with Gasteiger partial charge in [-0.25, -0.2) is 50.4 Å². The van der Waals surface area contributed by atoms with Gasteiger partial charge in [0.1, 0.15) is 0 Å². The third-order valence-corrected chi connectivity index (χ3v) is 0.183. The number of carbonyl (C=O) groups excluding carboxylic acids is 4. The molecule has 0 saturated carbocycles. The fraction of sp³-hybridized carbons (Fsp3) is 0. The minimum Gasteiger partial charge on any atom is -1.00 e. The molecule has 0 spiro atoms. The van der Waals surface area contributed by atoms with Crippen LogP contribution in [0.2, 0.25) is 0 Å². The molecule has 0 heterocycles. The van der Waals surface area contributed by atoms with Gasteiger partial charge in [-0.1, -0.05) is 0 Å². The molecule has 0 radical (unpaired) electrons. The molecule has 0 aromatic carbocycles. The second-order valence-electron chi connectivity index (χ2n) is 1.02. The van der Waals surface area contributed by atoms with Crippen LogP contribution in [0.25, 0.3) is 0 Å². The minimum absolute atomic E-state index is 0.